The Morgan fingerprint density at radius 2 is 1.97 bits per heavy atom. The fourth-order valence-corrected chi connectivity index (χ4v) is 4.35. The molecule has 0 radical (unpaired) electrons. The molecule has 0 bridgehead atoms. The zero-order valence-electron chi connectivity index (χ0n) is 17.6. The number of hydrogen-bond acceptors (Lipinski definition) is 4. The normalized spacial score (nSPS) is 18.0. The van der Waals surface area contributed by atoms with Crippen LogP contribution in [0, 0.1) is 11.8 Å². The van der Waals surface area contributed by atoms with Gasteiger partial charge in [0.1, 0.15) is 5.82 Å². The number of nitrogens with zero attached hydrogens (tertiary/aromatic N) is 3. The van der Waals surface area contributed by atoms with Crippen molar-refractivity contribution in [3.8, 4) is 11.4 Å². The van der Waals surface area contributed by atoms with Crippen LogP contribution >= 0.6 is 0 Å². The first-order chi connectivity index (χ1) is 14.1. The van der Waals surface area contributed by atoms with Gasteiger partial charge in [0.25, 0.3) is 5.91 Å². The second-order valence-electron chi connectivity index (χ2n) is 8.64. The van der Waals surface area contributed by atoms with E-state index in [0.29, 0.717) is 24.1 Å². The van der Waals surface area contributed by atoms with Gasteiger partial charge < -0.3 is 14.6 Å². The minimum absolute atomic E-state index is 0.0474. The third kappa shape index (κ3) is 4.70. The van der Waals surface area contributed by atoms with E-state index < -0.39 is 0 Å². The van der Waals surface area contributed by atoms with Crippen LogP contribution in [0.2, 0.25) is 0 Å². The van der Waals surface area contributed by atoms with Crippen molar-refractivity contribution < 1.29 is 9.53 Å². The number of rotatable bonds is 6. The minimum atomic E-state index is -0.0474. The van der Waals surface area contributed by atoms with E-state index >= 15 is 0 Å². The quantitative estimate of drug-likeness (QED) is 0.815. The Morgan fingerprint density at radius 3 is 2.69 bits per heavy atom. The fraction of sp³-hybridized carbons (Fsp3) is 0.565. The maximum absolute atomic E-state index is 13.1. The number of benzene rings is 1. The van der Waals surface area contributed by atoms with Gasteiger partial charge in [-0.15, -0.1) is 0 Å². The molecule has 0 unspecified atom stereocenters. The maximum Gasteiger partial charge on any atom is 0.271 e. The second-order valence-corrected chi connectivity index (χ2v) is 8.64. The lowest BCUT2D eigenvalue weighted by atomic mass is 10.0. The molecule has 156 valence electrons. The van der Waals surface area contributed by atoms with Crippen LogP contribution < -0.4 is 5.32 Å². The van der Waals surface area contributed by atoms with E-state index in [1.54, 1.807) is 0 Å². The molecular formula is C23H32N4O2. The highest BCUT2D eigenvalue weighted by molar-refractivity contribution is 5.94. The Morgan fingerprint density at radius 1 is 1.21 bits per heavy atom. The lowest BCUT2D eigenvalue weighted by Crippen LogP contribution is -2.38. The van der Waals surface area contributed by atoms with Crippen molar-refractivity contribution in [1.29, 1.82) is 0 Å². The third-order valence-corrected chi connectivity index (χ3v) is 5.85. The lowest BCUT2D eigenvalue weighted by Gasteiger charge is -2.30. The van der Waals surface area contributed by atoms with Gasteiger partial charge in [-0.3, -0.25) is 9.69 Å². The molecule has 29 heavy (non-hydrogen) atoms. The predicted molar refractivity (Wildman–Crippen MR) is 114 cm³/mol. The maximum atomic E-state index is 13.1. The molecule has 2 aliphatic rings. The Bertz CT molecular complexity index is 825. The first-order valence-corrected chi connectivity index (χ1v) is 10.8. The van der Waals surface area contributed by atoms with Gasteiger partial charge in [-0.05, 0) is 24.7 Å². The topological polar surface area (TPSA) is 59.4 Å². The molecule has 2 aliphatic heterocycles. The predicted octanol–water partition coefficient (Wildman–Crippen LogP) is 3.18. The molecule has 1 saturated heterocycles. The zero-order valence-corrected chi connectivity index (χ0v) is 17.6. The highest BCUT2D eigenvalue weighted by Gasteiger charge is 2.28. The van der Waals surface area contributed by atoms with Gasteiger partial charge in [-0.2, -0.15) is 0 Å². The van der Waals surface area contributed by atoms with Crippen LogP contribution in [0.15, 0.2) is 30.3 Å². The number of aromatic nitrogens is 2. The Labute approximate surface area is 173 Å². The van der Waals surface area contributed by atoms with E-state index in [4.69, 9.17) is 9.72 Å². The number of nitrogens with one attached hydrogen (secondary N) is 1. The summed E-state index contributed by atoms with van der Waals surface area (Å²) in [6.45, 7) is 10.4. The SMILES string of the molecule is CC(C)CN1CCn2c(-c3ccccc3)nc(C(=O)NCC3CCOCC3)c2C1. The summed E-state index contributed by atoms with van der Waals surface area (Å²) in [6.07, 6.45) is 2.03. The molecule has 0 atom stereocenters. The monoisotopic (exact) mass is 396 g/mol. The molecule has 0 aliphatic carbocycles. The van der Waals surface area contributed by atoms with Gasteiger partial charge in [0.15, 0.2) is 5.69 Å². The van der Waals surface area contributed by atoms with E-state index in [9.17, 15) is 4.79 Å². The number of amides is 1. The van der Waals surface area contributed by atoms with Gasteiger partial charge in [0.05, 0.1) is 5.69 Å². The summed E-state index contributed by atoms with van der Waals surface area (Å²) in [4.78, 5) is 20.4. The summed E-state index contributed by atoms with van der Waals surface area (Å²) < 4.78 is 7.67. The Balaban J connectivity index is 1.58. The van der Waals surface area contributed by atoms with Crippen molar-refractivity contribution >= 4 is 5.91 Å². The third-order valence-electron chi connectivity index (χ3n) is 5.85. The van der Waals surface area contributed by atoms with Crippen molar-refractivity contribution in [2.24, 2.45) is 11.8 Å². The number of ether oxygens (including phenoxy) is 1. The largest absolute Gasteiger partial charge is 0.381 e. The highest BCUT2D eigenvalue weighted by Crippen LogP contribution is 2.27. The number of carbonyl (C=O) groups excluding carboxylic acids is 1. The molecular weight excluding hydrogens is 364 g/mol. The summed E-state index contributed by atoms with van der Waals surface area (Å²) in [6, 6.07) is 10.2. The van der Waals surface area contributed by atoms with Crippen molar-refractivity contribution in [2.45, 2.75) is 39.8 Å². The molecule has 6 nitrogen and oxygen atoms in total. The molecule has 6 heteroatoms. The van der Waals surface area contributed by atoms with Gasteiger partial charge in [-0.1, -0.05) is 44.2 Å². The molecule has 4 rings (SSSR count). The highest BCUT2D eigenvalue weighted by atomic mass is 16.5. The molecule has 1 amide bonds. The number of fused-ring (bicyclic) bond motifs is 1. The van der Waals surface area contributed by atoms with Crippen molar-refractivity contribution in [3.63, 3.8) is 0 Å². The standard InChI is InChI=1S/C23H32N4O2/c1-17(2)15-26-10-11-27-20(16-26)21(25-22(27)19-6-4-3-5-7-19)23(28)24-14-18-8-12-29-13-9-18/h3-7,17-18H,8-16H2,1-2H3,(H,24,28). The average Bonchev–Trinajstić information content (AvgIpc) is 3.12. The summed E-state index contributed by atoms with van der Waals surface area (Å²) in [5, 5.41) is 3.15. The molecule has 3 heterocycles. The summed E-state index contributed by atoms with van der Waals surface area (Å²) in [7, 11) is 0. The average molecular weight is 397 g/mol. The smallest absolute Gasteiger partial charge is 0.271 e. The van der Waals surface area contributed by atoms with Crippen LogP contribution in [-0.2, 0) is 17.8 Å². The van der Waals surface area contributed by atoms with E-state index in [0.717, 1.165) is 69.3 Å². The minimum Gasteiger partial charge on any atom is -0.381 e. The summed E-state index contributed by atoms with van der Waals surface area (Å²) in [5.74, 6) is 1.95. The first-order valence-electron chi connectivity index (χ1n) is 10.8. The summed E-state index contributed by atoms with van der Waals surface area (Å²) in [5.41, 5.74) is 2.69. The summed E-state index contributed by atoms with van der Waals surface area (Å²) >= 11 is 0. The fourth-order valence-electron chi connectivity index (χ4n) is 4.35. The van der Waals surface area contributed by atoms with Crippen LogP contribution in [0.1, 0.15) is 42.9 Å². The van der Waals surface area contributed by atoms with Gasteiger partial charge in [0, 0.05) is 51.5 Å². The second kappa shape index (κ2) is 9.09. The van der Waals surface area contributed by atoms with Gasteiger partial charge >= 0.3 is 0 Å². The van der Waals surface area contributed by atoms with Crippen LogP contribution in [-0.4, -0.2) is 53.2 Å². The van der Waals surface area contributed by atoms with E-state index in [1.807, 2.05) is 18.2 Å². The Kier molecular flexibility index (Phi) is 6.31. The lowest BCUT2D eigenvalue weighted by molar-refractivity contribution is 0.0641. The first kappa shape index (κ1) is 20.1. The van der Waals surface area contributed by atoms with Crippen molar-refractivity contribution in [2.75, 3.05) is 32.8 Å². The Hall–Kier alpha value is -2.18. The van der Waals surface area contributed by atoms with Gasteiger partial charge in [0.2, 0.25) is 0 Å². The van der Waals surface area contributed by atoms with Crippen molar-refractivity contribution in [1.82, 2.24) is 19.8 Å². The molecule has 1 aromatic carbocycles. The van der Waals surface area contributed by atoms with Crippen LogP contribution in [0.3, 0.4) is 0 Å². The molecule has 0 spiro atoms. The number of imidazole rings is 1. The van der Waals surface area contributed by atoms with Crippen LogP contribution in [0.5, 0.6) is 0 Å². The zero-order chi connectivity index (χ0) is 20.2. The number of hydrogen-bond donors (Lipinski definition) is 1. The van der Waals surface area contributed by atoms with E-state index in [1.165, 1.54) is 0 Å². The van der Waals surface area contributed by atoms with Crippen LogP contribution in [0.25, 0.3) is 11.4 Å². The molecule has 0 saturated carbocycles. The molecule has 1 fully saturated rings. The molecule has 1 aromatic heterocycles. The van der Waals surface area contributed by atoms with E-state index in [-0.39, 0.29) is 5.91 Å². The van der Waals surface area contributed by atoms with E-state index in [2.05, 4.69) is 40.8 Å². The number of carbonyl (C=O) groups is 1. The molecule has 1 N–H and O–H groups in total. The van der Waals surface area contributed by atoms with Crippen molar-refractivity contribution in [3.05, 3.63) is 41.7 Å². The van der Waals surface area contributed by atoms with Crippen LogP contribution in [0.4, 0.5) is 0 Å². The van der Waals surface area contributed by atoms with Gasteiger partial charge in [-0.25, -0.2) is 4.98 Å². The molecule has 2 aromatic rings.